The number of benzene rings is 2. The normalized spacial score (nSPS) is 14.5. The van der Waals surface area contributed by atoms with Crippen LogP contribution in [-0.4, -0.2) is 18.7 Å². The van der Waals surface area contributed by atoms with Gasteiger partial charge in [0, 0.05) is 17.1 Å². The molecule has 21 heavy (non-hydrogen) atoms. The van der Waals surface area contributed by atoms with Crippen LogP contribution >= 0.6 is 11.8 Å². The van der Waals surface area contributed by atoms with E-state index in [0.717, 1.165) is 18.7 Å². The van der Waals surface area contributed by atoms with Crippen LogP contribution in [0.3, 0.4) is 0 Å². The topological polar surface area (TPSA) is 20.3 Å². The van der Waals surface area contributed by atoms with Crippen molar-refractivity contribution < 1.29 is 4.79 Å². The maximum Gasteiger partial charge on any atom is 0.250 e. The molecule has 0 bridgehead atoms. The van der Waals surface area contributed by atoms with Crippen LogP contribution in [0.5, 0.6) is 0 Å². The highest BCUT2D eigenvalue weighted by molar-refractivity contribution is 7.98. The van der Waals surface area contributed by atoms with E-state index in [1.54, 1.807) is 17.8 Å². The second-order valence-electron chi connectivity index (χ2n) is 4.93. The monoisotopic (exact) mass is 295 g/mol. The van der Waals surface area contributed by atoms with Gasteiger partial charge < -0.3 is 4.90 Å². The maximum atomic E-state index is 11.9. The van der Waals surface area contributed by atoms with Crippen molar-refractivity contribution in [3.8, 4) is 11.1 Å². The average molecular weight is 295 g/mol. The SMILES string of the molecule is CSc1ccccc1-c1ccc(N2CCC=CC2=O)cc1. The number of carbonyl (C=O) groups excluding carboxylic acids is 1. The summed E-state index contributed by atoms with van der Waals surface area (Å²) < 4.78 is 0. The summed E-state index contributed by atoms with van der Waals surface area (Å²) in [5, 5.41) is 0. The van der Waals surface area contributed by atoms with E-state index in [-0.39, 0.29) is 5.91 Å². The Balaban J connectivity index is 1.91. The number of rotatable bonds is 3. The predicted molar refractivity (Wildman–Crippen MR) is 89.8 cm³/mol. The quantitative estimate of drug-likeness (QED) is 0.784. The minimum Gasteiger partial charge on any atom is -0.309 e. The molecule has 0 radical (unpaired) electrons. The van der Waals surface area contributed by atoms with Crippen LogP contribution in [0, 0.1) is 0 Å². The van der Waals surface area contributed by atoms with E-state index in [1.165, 1.54) is 16.0 Å². The Kier molecular flexibility index (Phi) is 4.11. The van der Waals surface area contributed by atoms with Crippen LogP contribution in [0.1, 0.15) is 6.42 Å². The van der Waals surface area contributed by atoms with Crippen LogP contribution in [0.25, 0.3) is 11.1 Å². The molecule has 0 spiro atoms. The zero-order chi connectivity index (χ0) is 14.7. The zero-order valence-corrected chi connectivity index (χ0v) is 12.8. The van der Waals surface area contributed by atoms with Crippen molar-refractivity contribution in [2.24, 2.45) is 0 Å². The smallest absolute Gasteiger partial charge is 0.250 e. The van der Waals surface area contributed by atoms with Gasteiger partial charge in [-0.15, -0.1) is 11.8 Å². The van der Waals surface area contributed by atoms with Crippen LogP contribution < -0.4 is 4.90 Å². The largest absolute Gasteiger partial charge is 0.309 e. The number of hydrogen-bond acceptors (Lipinski definition) is 2. The molecule has 2 nitrogen and oxygen atoms in total. The Bertz CT molecular complexity index is 676. The van der Waals surface area contributed by atoms with Gasteiger partial charge >= 0.3 is 0 Å². The van der Waals surface area contributed by atoms with Crippen LogP contribution in [-0.2, 0) is 4.79 Å². The Hall–Kier alpha value is -2.00. The molecule has 1 heterocycles. The first-order valence-electron chi connectivity index (χ1n) is 7.01. The van der Waals surface area contributed by atoms with Gasteiger partial charge in [0.2, 0.25) is 0 Å². The lowest BCUT2D eigenvalue weighted by Crippen LogP contribution is -2.32. The molecule has 3 rings (SSSR count). The van der Waals surface area contributed by atoms with Crippen molar-refractivity contribution >= 4 is 23.4 Å². The predicted octanol–water partition coefficient (Wildman–Crippen LogP) is 4.37. The van der Waals surface area contributed by atoms with E-state index in [9.17, 15) is 4.79 Å². The second kappa shape index (κ2) is 6.19. The summed E-state index contributed by atoms with van der Waals surface area (Å²) in [5.74, 6) is 0.0681. The van der Waals surface area contributed by atoms with Crippen LogP contribution in [0.2, 0.25) is 0 Å². The van der Waals surface area contributed by atoms with E-state index < -0.39 is 0 Å². The highest BCUT2D eigenvalue weighted by Crippen LogP contribution is 2.31. The van der Waals surface area contributed by atoms with Gasteiger partial charge in [-0.3, -0.25) is 4.79 Å². The van der Waals surface area contributed by atoms with E-state index in [4.69, 9.17) is 0 Å². The van der Waals surface area contributed by atoms with Gasteiger partial charge in [0.25, 0.3) is 5.91 Å². The summed E-state index contributed by atoms with van der Waals surface area (Å²) in [4.78, 5) is 15.0. The lowest BCUT2D eigenvalue weighted by molar-refractivity contribution is -0.114. The van der Waals surface area contributed by atoms with Crippen LogP contribution in [0.4, 0.5) is 5.69 Å². The number of amides is 1. The molecule has 0 aromatic heterocycles. The van der Waals surface area contributed by atoms with Gasteiger partial charge in [-0.2, -0.15) is 0 Å². The fourth-order valence-corrected chi connectivity index (χ4v) is 3.17. The molecule has 0 aliphatic carbocycles. The Labute approximate surface area is 129 Å². The summed E-state index contributed by atoms with van der Waals surface area (Å²) in [6.45, 7) is 0.760. The third-order valence-corrected chi connectivity index (χ3v) is 4.44. The Morgan fingerprint density at radius 1 is 1.05 bits per heavy atom. The number of carbonyl (C=O) groups is 1. The van der Waals surface area contributed by atoms with Crippen LogP contribution in [0.15, 0.2) is 65.6 Å². The van der Waals surface area contributed by atoms with E-state index in [0.29, 0.717) is 0 Å². The van der Waals surface area contributed by atoms with E-state index in [1.807, 2.05) is 23.1 Å². The van der Waals surface area contributed by atoms with Gasteiger partial charge in [-0.05, 0) is 48.1 Å². The molecule has 0 fully saturated rings. The van der Waals surface area contributed by atoms with E-state index >= 15 is 0 Å². The minimum atomic E-state index is 0.0681. The first kappa shape index (κ1) is 14.0. The maximum absolute atomic E-state index is 11.9. The van der Waals surface area contributed by atoms with Gasteiger partial charge in [0.05, 0.1) is 0 Å². The molecule has 0 atom stereocenters. The molecule has 0 saturated carbocycles. The summed E-state index contributed by atoms with van der Waals surface area (Å²) in [6, 6.07) is 16.6. The Morgan fingerprint density at radius 3 is 2.52 bits per heavy atom. The number of thioether (sulfide) groups is 1. The molecule has 1 aliphatic rings. The molecular formula is C18H17NOS. The van der Waals surface area contributed by atoms with Gasteiger partial charge in [0.1, 0.15) is 0 Å². The molecule has 0 N–H and O–H groups in total. The number of anilines is 1. The van der Waals surface area contributed by atoms with Gasteiger partial charge in [-0.25, -0.2) is 0 Å². The zero-order valence-electron chi connectivity index (χ0n) is 12.0. The fourth-order valence-electron chi connectivity index (χ4n) is 2.55. The third-order valence-electron chi connectivity index (χ3n) is 3.64. The molecule has 106 valence electrons. The van der Waals surface area contributed by atoms with Crippen molar-refractivity contribution in [1.82, 2.24) is 0 Å². The summed E-state index contributed by atoms with van der Waals surface area (Å²) >= 11 is 1.75. The summed E-state index contributed by atoms with van der Waals surface area (Å²) in [5.41, 5.74) is 3.39. The molecule has 0 unspecified atom stereocenters. The minimum absolute atomic E-state index is 0.0681. The number of nitrogens with zero attached hydrogens (tertiary/aromatic N) is 1. The molecule has 2 aromatic rings. The summed E-state index contributed by atoms with van der Waals surface area (Å²) in [7, 11) is 0. The highest BCUT2D eigenvalue weighted by atomic mass is 32.2. The van der Waals surface area contributed by atoms with Crippen molar-refractivity contribution in [2.75, 3.05) is 17.7 Å². The number of hydrogen-bond donors (Lipinski definition) is 0. The third kappa shape index (κ3) is 2.88. The van der Waals surface area contributed by atoms with Crippen molar-refractivity contribution in [2.45, 2.75) is 11.3 Å². The average Bonchev–Trinajstić information content (AvgIpc) is 2.55. The van der Waals surface area contributed by atoms with Gasteiger partial charge in [-0.1, -0.05) is 36.4 Å². The Morgan fingerprint density at radius 2 is 1.81 bits per heavy atom. The molecule has 3 heteroatoms. The molecule has 0 saturated heterocycles. The molecule has 1 aliphatic heterocycles. The van der Waals surface area contributed by atoms with E-state index in [2.05, 4.69) is 42.7 Å². The van der Waals surface area contributed by atoms with Crippen molar-refractivity contribution in [3.05, 3.63) is 60.7 Å². The highest BCUT2D eigenvalue weighted by Gasteiger charge is 2.15. The van der Waals surface area contributed by atoms with Crippen molar-refractivity contribution in [1.29, 1.82) is 0 Å². The fraction of sp³-hybridized carbons (Fsp3) is 0.167. The molecular weight excluding hydrogens is 278 g/mol. The lowest BCUT2D eigenvalue weighted by Gasteiger charge is -2.23. The lowest BCUT2D eigenvalue weighted by atomic mass is 10.0. The second-order valence-corrected chi connectivity index (χ2v) is 5.78. The first-order valence-corrected chi connectivity index (χ1v) is 8.23. The van der Waals surface area contributed by atoms with Gasteiger partial charge in [0.15, 0.2) is 0 Å². The molecule has 1 amide bonds. The first-order chi connectivity index (χ1) is 10.3. The van der Waals surface area contributed by atoms with Crippen molar-refractivity contribution in [3.63, 3.8) is 0 Å². The summed E-state index contributed by atoms with van der Waals surface area (Å²) in [6.07, 6.45) is 6.59. The standard InChI is InChI=1S/C18H17NOS/c1-21-17-7-3-2-6-16(17)14-9-11-15(12-10-14)19-13-5-4-8-18(19)20/h2-4,6-12H,5,13H2,1H3. The molecule has 2 aromatic carbocycles.